The minimum atomic E-state index is -0.290. The molecule has 1 unspecified atom stereocenters. The van der Waals surface area contributed by atoms with Crippen LogP contribution in [0.2, 0.25) is 0 Å². The molecule has 1 heterocycles. The van der Waals surface area contributed by atoms with Crippen molar-refractivity contribution in [3.63, 3.8) is 0 Å². The number of carbonyl (C=O) groups is 2. The summed E-state index contributed by atoms with van der Waals surface area (Å²) in [5.41, 5.74) is 2.21. The standard InChI is InChI=1S/C27H28N2O5/c1-32-25-16-19(13-14-24(25)34-18-21-10-7-15-33-21)17-28-27(31)22-11-5-6-12-23(22)29-26(30)20-8-3-2-4-9-20/h2-6,8-9,11-14,16,21H,7,10,15,17-18H2,1H3,(H,28,31)(H,29,30). The molecule has 1 saturated heterocycles. The van der Waals surface area contributed by atoms with Crippen molar-refractivity contribution in [2.75, 3.05) is 25.6 Å². The number of anilines is 1. The summed E-state index contributed by atoms with van der Waals surface area (Å²) in [4.78, 5) is 25.4. The Morgan fingerprint density at radius 2 is 1.76 bits per heavy atom. The zero-order valence-electron chi connectivity index (χ0n) is 19.1. The second-order valence-corrected chi connectivity index (χ2v) is 7.98. The Morgan fingerprint density at radius 3 is 2.53 bits per heavy atom. The van der Waals surface area contributed by atoms with Gasteiger partial charge < -0.3 is 24.8 Å². The van der Waals surface area contributed by atoms with Crippen LogP contribution in [0.1, 0.15) is 39.1 Å². The van der Waals surface area contributed by atoms with Gasteiger partial charge in [-0.2, -0.15) is 0 Å². The highest BCUT2D eigenvalue weighted by Crippen LogP contribution is 2.29. The minimum Gasteiger partial charge on any atom is -0.493 e. The zero-order chi connectivity index (χ0) is 23.8. The van der Waals surface area contributed by atoms with Gasteiger partial charge in [-0.05, 0) is 54.8 Å². The maximum Gasteiger partial charge on any atom is 0.255 e. The van der Waals surface area contributed by atoms with Crippen LogP contribution >= 0.6 is 0 Å². The summed E-state index contributed by atoms with van der Waals surface area (Å²) in [6.45, 7) is 1.56. The first-order valence-corrected chi connectivity index (χ1v) is 11.3. The number of rotatable bonds is 9. The van der Waals surface area contributed by atoms with E-state index in [-0.39, 0.29) is 17.9 Å². The van der Waals surface area contributed by atoms with Gasteiger partial charge in [0.1, 0.15) is 6.61 Å². The van der Waals surface area contributed by atoms with Crippen LogP contribution in [-0.2, 0) is 11.3 Å². The molecule has 0 aromatic heterocycles. The monoisotopic (exact) mass is 460 g/mol. The van der Waals surface area contributed by atoms with Gasteiger partial charge in [0.15, 0.2) is 11.5 Å². The molecular weight excluding hydrogens is 432 g/mol. The van der Waals surface area contributed by atoms with Gasteiger partial charge in [-0.25, -0.2) is 0 Å². The number of amides is 2. The Bertz CT molecular complexity index is 1130. The molecule has 3 aromatic rings. The van der Waals surface area contributed by atoms with E-state index < -0.39 is 0 Å². The second-order valence-electron chi connectivity index (χ2n) is 7.98. The second kappa shape index (κ2) is 11.3. The fourth-order valence-electron chi connectivity index (χ4n) is 3.75. The molecule has 0 spiro atoms. The van der Waals surface area contributed by atoms with E-state index in [0.29, 0.717) is 41.5 Å². The fraction of sp³-hybridized carbons (Fsp3) is 0.259. The van der Waals surface area contributed by atoms with Crippen LogP contribution in [0.5, 0.6) is 11.5 Å². The molecule has 0 saturated carbocycles. The quantitative estimate of drug-likeness (QED) is 0.493. The van der Waals surface area contributed by atoms with Crippen molar-refractivity contribution in [2.45, 2.75) is 25.5 Å². The smallest absolute Gasteiger partial charge is 0.255 e. The van der Waals surface area contributed by atoms with Crippen LogP contribution in [0.15, 0.2) is 72.8 Å². The van der Waals surface area contributed by atoms with E-state index in [4.69, 9.17) is 14.2 Å². The number of nitrogens with one attached hydrogen (secondary N) is 2. The highest BCUT2D eigenvalue weighted by molar-refractivity contribution is 6.08. The number of methoxy groups -OCH3 is 1. The third-order valence-corrected chi connectivity index (χ3v) is 5.59. The van der Waals surface area contributed by atoms with Gasteiger partial charge in [0, 0.05) is 18.7 Å². The molecule has 2 N–H and O–H groups in total. The lowest BCUT2D eigenvalue weighted by Crippen LogP contribution is -2.25. The van der Waals surface area contributed by atoms with Crippen molar-refractivity contribution in [1.82, 2.24) is 5.32 Å². The van der Waals surface area contributed by atoms with Crippen molar-refractivity contribution in [3.8, 4) is 11.5 Å². The molecule has 3 aromatic carbocycles. The maximum absolute atomic E-state index is 12.9. The van der Waals surface area contributed by atoms with Crippen LogP contribution in [0, 0.1) is 0 Å². The zero-order valence-corrected chi connectivity index (χ0v) is 19.1. The molecule has 2 amide bonds. The van der Waals surface area contributed by atoms with Crippen molar-refractivity contribution in [1.29, 1.82) is 0 Å². The molecule has 1 fully saturated rings. The van der Waals surface area contributed by atoms with E-state index in [1.165, 1.54) is 0 Å². The SMILES string of the molecule is COc1cc(CNC(=O)c2ccccc2NC(=O)c2ccccc2)ccc1OCC1CCCO1. The molecule has 7 heteroatoms. The summed E-state index contributed by atoms with van der Waals surface area (Å²) < 4.78 is 16.9. The summed E-state index contributed by atoms with van der Waals surface area (Å²) in [5, 5.41) is 5.73. The van der Waals surface area contributed by atoms with E-state index in [9.17, 15) is 9.59 Å². The first-order chi connectivity index (χ1) is 16.6. The Labute approximate surface area is 199 Å². The van der Waals surface area contributed by atoms with Crippen molar-refractivity contribution in [3.05, 3.63) is 89.5 Å². The summed E-state index contributed by atoms with van der Waals surface area (Å²) in [6, 6.07) is 21.4. The topological polar surface area (TPSA) is 85.9 Å². The Hall–Kier alpha value is -3.84. The number of benzene rings is 3. The van der Waals surface area contributed by atoms with Crippen LogP contribution in [0.25, 0.3) is 0 Å². The highest BCUT2D eigenvalue weighted by atomic mass is 16.5. The van der Waals surface area contributed by atoms with Gasteiger partial charge in [0.2, 0.25) is 0 Å². The molecule has 0 bridgehead atoms. The van der Waals surface area contributed by atoms with Crippen LogP contribution < -0.4 is 20.1 Å². The molecule has 1 aliphatic rings. The molecule has 1 aliphatic heterocycles. The lowest BCUT2D eigenvalue weighted by molar-refractivity contribution is 0.0669. The number of carbonyl (C=O) groups excluding carboxylic acids is 2. The van der Waals surface area contributed by atoms with Gasteiger partial charge in [-0.1, -0.05) is 36.4 Å². The molecule has 1 atom stereocenters. The van der Waals surface area contributed by atoms with Gasteiger partial charge in [-0.15, -0.1) is 0 Å². The van der Waals surface area contributed by atoms with Crippen molar-refractivity contribution < 1.29 is 23.8 Å². The predicted molar refractivity (Wildman–Crippen MR) is 129 cm³/mol. The van der Waals surface area contributed by atoms with E-state index in [2.05, 4.69) is 10.6 Å². The molecule has 0 aliphatic carbocycles. The van der Waals surface area contributed by atoms with Gasteiger partial charge in [0.05, 0.1) is 24.5 Å². The Morgan fingerprint density at radius 1 is 0.971 bits per heavy atom. The summed E-state index contributed by atoms with van der Waals surface area (Å²) >= 11 is 0. The van der Waals surface area contributed by atoms with E-state index in [1.807, 2.05) is 24.3 Å². The maximum atomic E-state index is 12.9. The first kappa shape index (κ1) is 23.3. The average molecular weight is 461 g/mol. The molecule has 7 nitrogen and oxygen atoms in total. The molecule has 4 rings (SSSR count). The average Bonchev–Trinajstić information content (AvgIpc) is 3.41. The Balaban J connectivity index is 1.38. The highest BCUT2D eigenvalue weighted by Gasteiger charge is 2.18. The lowest BCUT2D eigenvalue weighted by Gasteiger charge is -2.15. The lowest BCUT2D eigenvalue weighted by atomic mass is 10.1. The van der Waals surface area contributed by atoms with Crippen LogP contribution in [0.4, 0.5) is 5.69 Å². The minimum absolute atomic E-state index is 0.117. The molecular formula is C27H28N2O5. The predicted octanol–water partition coefficient (Wildman–Crippen LogP) is 4.44. The van der Waals surface area contributed by atoms with Crippen molar-refractivity contribution in [2.24, 2.45) is 0 Å². The fourth-order valence-corrected chi connectivity index (χ4v) is 3.75. The number of para-hydroxylation sites is 1. The Kier molecular flexibility index (Phi) is 7.78. The van der Waals surface area contributed by atoms with Crippen LogP contribution in [-0.4, -0.2) is 38.2 Å². The molecule has 0 radical (unpaired) electrons. The number of hydrogen-bond donors (Lipinski definition) is 2. The normalized spacial score (nSPS) is 14.9. The van der Waals surface area contributed by atoms with E-state index >= 15 is 0 Å². The van der Waals surface area contributed by atoms with Crippen molar-refractivity contribution >= 4 is 17.5 Å². The van der Waals surface area contributed by atoms with E-state index in [1.54, 1.807) is 55.6 Å². The third-order valence-electron chi connectivity index (χ3n) is 5.59. The largest absolute Gasteiger partial charge is 0.493 e. The summed E-state index contributed by atoms with van der Waals surface area (Å²) in [5.74, 6) is 0.674. The molecule has 34 heavy (non-hydrogen) atoms. The molecule has 176 valence electrons. The van der Waals surface area contributed by atoms with Gasteiger partial charge in [-0.3, -0.25) is 9.59 Å². The van der Waals surface area contributed by atoms with E-state index in [0.717, 1.165) is 25.0 Å². The summed E-state index contributed by atoms with van der Waals surface area (Å²) in [6.07, 6.45) is 2.17. The third kappa shape index (κ3) is 5.94. The first-order valence-electron chi connectivity index (χ1n) is 11.3. The van der Waals surface area contributed by atoms with Crippen LogP contribution in [0.3, 0.4) is 0 Å². The number of ether oxygens (including phenoxy) is 3. The van der Waals surface area contributed by atoms with Gasteiger partial charge in [0.25, 0.3) is 11.8 Å². The summed E-state index contributed by atoms with van der Waals surface area (Å²) in [7, 11) is 1.59. The van der Waals surface area contributed by atoms with Gasteiger partial charge >= 0.3 is 0 Å². The number of hydrogen-bond acceptors (Lipinski definition) is 5.